The summed E-state index contributed by atoms with van der Waals surface area (Å²) in [5.74, 6) is 0. The minimum atomic E-state index is 0.818. The molecule has 1 aliphatic rings. The van der Waals surface area contributed by atoms with Crippen molar-refractivity contribution in [1.82, 2.24) is 0 Å². The number of aliphatic imine (C=N–C) groups is 1. The monoisotopic (exact) mass is 99.0 g/mol. The van der Waals surface area contributed by atoms with Gasteiger partial charge in [-0.15, -0.1) is 12.6 Å². The molecular weight excluding hydrogens is 94.1 g/mol. The number of hydrogen-bond acceptors (Lipinski definition) is 2. The summed E-state index contributed by atoms with van der Waals surface area (Å²) in [6.07, 6.45) is 3.71. The molecule has 0 atom stereocenters. The smallest absolute Gasteiger partial charge is 0.0584 e. The summed E-state index contributed by atoms with van der Waals surface area (Å²) in [5, 5.41) is 0. The van der Waals surface area contributed by atoms with E-state index in [-0.39, 0.29) is 0 Å². The Balaban J connectivity index is 2.68. The SMILES string of the molecule is SC1=CCN=C1. The van der Waals surface area contributed by atoms with E-state index in [0.717, 1.165) is 11.4 Å². The summed E-state index contributed by atoms with van der Waals surface area (Å²) < 4.78 is 0. The fourth-order valence-electron chi connectivity index (χ4n) is 0.345. The maximum absolute atomic E-state index is 4.00. The number of hydrogen-bond donors (Lipinski definition) is 1. The average Bonchev–Trinajstić information content (AvgIpc) is 1.86. The summed E-state index contributed by atoms with van der Waals surface area (Å²) >= 11 is 4.00. The van der Waals surface area contributed by atoms with E-state index in [9.17, 15) is 0 Å². The molecule has 0 saturated carbocycles. The second-order valence-corrected chi connectivity index (χ2v) is 1.64. The van der Waals surface area contributed by atoms with Gasteiger partial charge in [-0.05, 0) is 6.08 Å². The fraction of sp³-hybridized carbons (Fsp3) is 0.250. The van der Waals surface area contributed by atoms with Gasteiger partial charge in [-0.3, -0.25) is 4.99 Å². The Morgan fingerprint density at radius 3 is 2.83 bits per heavy atom. The molecule has 2 heteroatoms. The van der Waals surface area contributed by atoms with Crippen LogP contribution in [0.2, 0.25) is 0 Å². The lowest BCUT2D eigenvalue weighted by molar-refractivity contribution is 1.29. The zero-order valence-electron chi connectivity index (χ0n) is 3.26. The molecule has 6 heavy (non-hydrogen) atoms. The normalized spacial score (nSPS) is 18.5. The third-order valence-corrected chi connectivity index (χ3v) is 0.927. The number of thiol groups is 1. The Labute approximate surface area is 42.2 Å². The highest BCUT2D eigenvalue weighted by atomic mass is 32.1. The van der Waals surface area contributed by atoms with Crippen LogP contribution >= 0.6 is 12.6 Å². The van der Waals surface area contributed by atoms with Crippen molar-refractivity contribution in [2.45, 2.75) is 0 Å². The van der Waals surface area contributed by atoms with Crippen molar-refractivity contribution in [1.29, 1.82) is 0 Å². The molecule has 0 spiro atoms. The molecule has 1 rings (SSSR count). The first-order valence-corrected chi connectivity index (χ1v) is 2.23. The zero-order chi connectivity index (χ0) is 4.41. The third kappa shape index (κ3) is 0.627. The van der Waals surface area contributed by atoms with Crippen molar-refractivity contribution in [3.63, 3.8) is 0 Å². The second kappa shape index (κ2) is 1.47. The highest BCUT2D eigenvalue weighted by Crippen LogP contribution is 2.00. The first-order valence-electron chi connectivity index (χ1n) is 1.78. The van der Waals surface area contributed by atoms with Crippen LogP contribution in [0.5, 0.6) is 0 Å². The van der Waals surface area contributed by atoms with Crippen LogP contribution < -0.4 is 0 Å². The maximum Gasteiger partial charge on any atom is 0.0584 e. The topological polar surface area (TPSA) is 12.4 Å². The van der Waals surface area contributed by atoms with E-state index in [2.05, 4.69) is 17.6 Å². The van der Waals surface area contributed by atoms with Gasteiger partial charge < -0.3 is 0 Å². The van der Waals surface area contributed by atoms with Crippen molar-refractivity contribution in [3.8, 4) is 0 Å². The fourth-order valence-corrected chi connectivity index (χ4v) is 0.508. The van der Waals surface area contributed by atoms with Crippen molar-refractivity contribution in [2.75, 3.05) is 6.54 Å². The molecule has 1 aliphatic heterocycles. The molecule has 0 saturated heterocycles. The predicted molar refractivity (Wildman–Crippen MR) is 30.4 cm³/mol. The molecule has 0 aliphatic carbocycles. The lowest BCUT2D eigenvalue weighted by Crippen LogP contribution is -1.57. The van der Waals surface area contributed by atoms with E-state index < -0.39 is 0 Å². The van der Waals surface area contributed by atoms with Gasteiger partial charge in [0, 0.05) is 11.1 Å². The predicted octanol–water partition coefficient (Wildman–Crippen LogP) is 0.885. The molecule has 0 aromatic rings. The summed E-state index contributed by atoms with van der Waals surface area (Å²) in [5.41, 5.74) is 0. The number of allylic oxidation sites excluding steroid dienone is 1. The van der Waals surface area contributed by atoms with Gasteiger partial charge in [-0.2, -0.15) is 0 Å². The van der Waals surface area contributed by atoms with Crippen molar-refractivity contribution in [3.05, 3.63) is 11.0 Å². The van der Waals surface area contributed by atoms with Crippen molar-refractivity contribution >= 4 is 18.8 Å². The van der Waals surface area contributed by atoms with Crippen LogP contribution in [0, 0.1) is 0 Å². The molecule has 1 nitrogen and oxygen atoms in total. The molecule has 32 valence electrons. The Hall–Kier alpha value is -0.240. The van der Waals surface area contributed by atoms with Crippen molar-refractivity contribution < 1.29 is 0 Å². The van der Waals surface area contributed by atoms with E-state index in [1.165, 1.54) is 0 Å². The summed E-state index contributed by atoms with van der Waals surface area (Å²) in [4.78, 5) is 4.85. The third-order valence-electron chi connectivity index (χ3n) is 0.629. The number of nitrogens with zero attached hydrogens (tertiary/aromatic N) is 1. The van der Waals surface area contributed by atoms with Gasteiger partial charge in [-0.1, -0.05) is 0 Å². The Morgan fingerprint density at radius 2 is 2.67 bits per heavy atom. The Bertz CT molecular complexity index is 101. The molecule has 1 heterocycles. The molecular formula is C4H5NS. The van der Waals surface area contributed by atoms with E-state index in [4.69, 9.17) is 0 Å². The standard InChI is InChI=1S/C4H5NS/c6-4-1-2-5-3-4/h1,3,6H,2H2. The van der Waals surface area contributed by atoms with Crippen LogP contribution in [0.15, 0.2) is 16.0 Å². The lowest BCUT2D eigenvalue weighted by Gasteiger charge is -1.68. The van der Waals surface area contributed by atoms with E-state index in [1.807, 2.05) is 6.08 Å². The van der Waals surface area contributed by atoms with Crippen LogP contribution in [0.4, 0.5) is 0 Å². The van der Waals surface area contributed by atoms with E-state index in [1.54, 1.807) is 6.21 Å². The van der Waals surface area contributed by atoms with E-state index >= 15 is 0 Å². The minimum Gasteiger partial charge on any atom is -0.288 e. The van der Waals surface area contributed by atoms with Crippen LogP contribution in [0.25, 0.3) is 0 Å². The Kier molecular flexibility index (Phi) is 0.965. The summed E-state index contributed by atoms with van der Waals surface area (Å²) in [6, 6.07) is 0. The van der Waals surface area contributed by atoms with Gasteiger partial charge in [0.15, 0.2) is 0 Å². The first-order chi connectivity index (χ1) is 2.89. The van der Waals surface area contributed by atoms with Crippen LogP contribution in [-0.2, 0) is 0 Å². The van der Waals surface area contributed by atoms with Crippen molar-refractivity contribution in [2.24, 2.45) is 4.99 Å². The first kappa shape index (κ1) is 3.93. The quantitative estimate of drug-likeness (QED) is 0.433. The molecule has 0 amide bonds. The minimum absolute atomic E-state index is 0.818. The average molecular weight is 99.2 g/mol. The molecule has 0 bridgehead atoms. The lowest BCUT2D eigenvalue weighted by atomic mass is 10.6. The molecule has 0 aromatic carbocycles. The molecule has 0 fully saturated rings. The molecule has 0 radical (unpaired) electrons. The zero-order valence-corrected chi connectivity index (χ0v) is 4.15. The second-order valence-electron chi connectivity index (χ2n) is 1.12. The van der Waals surface area contributed by atoms with Crippen LogP contribution in [0.3, 0.4) is 0 Å². The highest BCUT2D eigenvalue weighted by Gasteiger charge is 1.86. The van der Waals surface area contributed by atoms with Crippen LogP contribution in [0.1, 0.15) is 0 Å². The van der Waals surface area contributed by atoms with Gasteiger partial charge in [0.25, 0.3) is 0 Å². The van der Waals surface area contributed by atoms with Gasteiger partial charge >= 0.3 is 0 Å². The molecule has 0 N–H and O–H groups in total. The largest absolute Gasteiger partial charge is 0.288 e. The highest BCUT2D eigenvalue weighted by molar-refractivity contribution is 7.85. The van der Waals surface area contributed by atoms with Gasteiger partial charge in [0.05, 0.1) is 6.54 Å². The number of rotatable bonds is 0. The molecule has 0 aromatic heterocycles. The van der Waals surface area contributed by atoms with Gasteiger partial charge in [0.1, 0.15) is 0 Å². The Morgan fingerprint density at radius 1 is 1.83 bits per heavy atom. The van der Waals surface area contributed by atoms with Crippen LogP contribution in [-0.4, -0.2) is 12.8 Å². The molecule has 0 unspecified atom stereocenters. The van der Waals surface area contributed by atoms with Gasteiger partial charge in [-0.25, -0.2) is 0 Å². The summed E-state index contributed by atoms with van der Waals surface area (Å²) in [6.45, 7) is 0.818. The van der Waals surface area contributed by atoms with Gasteiger partial charge in [0.2, 0.25) is 0 Å². The van der Waals surface area contributed by atoms with E-state index in [0.29, 0.717) is 0 Å². The maximum atomic E-state index is 4.00. The summed E-state index contributed by atoms with van der Waals surface area (Å²) in [7, 11) is 0.